The summed E-state index contributed by atoms with van der Waals surface area (Å²) in [5.74, 6) is -1.49. The van der Waals surface area contributed by atoms with Gasteiger partial charge in [0.1, 0.15) is 17.4 Å². The van der Waals surface area contributed by atoms with Crippen molar-refractivity contribution in [1.29, 1.82) is 0 Å². The third-order valence-electron chi connectivity index (χ3n) is 2.09. The van der Waals surface area contributed by atoms with E-state index in [1.807, 2.05) is 0 Å². The van der Waals surface area contributed by atoms with Crippen molar-refractivity contribution in [3.63, 3.8) is 0 Å². The van der Waals surface area contributed by atoms with Crippen molar-refractivity contribution < 1.29 is 13.6 Å². The minimum absolute atomic E-state index is 0.140. The summed E-state index contributed by atoms with van der Waals surface area (Å²) >= 11 is 0. The lowest BCUT2D eigenvalue weighted by Crippen LogP contribution is -2.15. The van der Waals surface area contributed by atoms with Gasteiger partial charge in [0, 0.05) is 24.9 Å². The van der Waals surface area contributed by atoms with Crippen LogP contribution in [-0.2, 0) is 11.2 Å². The molecule has 15 heavy (non-hydrogen) atoms. The molecule has 0 aliphatic carbocycles. The number of rotatable bonds is 5. The van der Waals surface area contributed by atoms with E-state index in [1.54, 1.807) is 7.05 Å². The van der Waals surface area contributed by atoms with Gasteiger partial charge < -0.3 is 5.32 Å². The maximum Gasteiger partial charge on any atom is 0.138 e. The second kappa shape index (κ2) is 5.56. The van der Waals surface area contributed by atoms with Crippen LogP contribution in [0.1, 0.15) is 12.0 Å². The van der Waals surface area contributed by atoms with Gasteiger partial charge in [-0.25, -0.2) is 8.78 Å². The second-order valence-corrected chi connectivity index (χ2v) is 3.27. The number of hydrogen-bond donors (Lipinski definition) is 1. The van der Waals surface area contributed by atoms with E-state index in [-0.39, 0.29) is 24.2 Å². The average molecular weight is 213 g/mol. The fourth-order valence-corrected chi connectivity index (χ4v) is 1.25. The normalized spacial score (nSPS) is 10.3. The fourth-order valence-electron chi connectivity index (χ4n) is 1.25. The topological polar surface area (TPSA) is 29.1 Å². The number of benzene rings is 1. The van der Waals surface area contributed by atoms with Crippen LogP contribution in [0.3, 0.4) is 0 Å². The monoisotopic (exact) mass is 213 g/mol. The Labute approximate surface area is 87.3 Å². The van der Waals surface area contributed by atoms with Gasteiger partial charge in [0.2, 0.25) is 0 Å². The molecule has 0 bridgehead atoms. The average Bonchev–Trinajstić information content (AvgIpc) is 2.21. The van der Waals surface area contributed by atoms with Crippen molar-refractivity contribution in [1.82, 2.24) is 5.32 Å². The first-order valence-electron chi connectivity index (χ1n) is 4.74. The SMILES string of the molecule is CNCCC(=O)Cc1c(F)cccc1F. The molecule has 0 aliphatic heterocycles. The molecule has 0 atom stereocenters. The maximum absolute atomic E-state index is 13.1. The van der Waals surface area contributed by atoms with Crippen LogP contribution in [0.4, 0.5) is 8.78 Å². The molecule has 0 unspecified atom stereocenters. The summed E-state index contributed by atoms with van der Waals surface area (Å²) in [6, 6.07) is 3.60. The highest BCUT2D eigenvalue weighted by atomic mass is 19.1. The molecule has 0 saturated heterocycles. The molecule has 0 spiro atoms. The summed E-state index contributed by atoms with van der Waals surface area (Å²) in [7, 11) is 1.72. The molecule has 0 aromatic heterocycles. The standard InChI is InChI=1S/C11H13F2NO/c1-14-6-5-8(15)7-9-10(12)3-2-4-11(9)13/h2-4,14H,5-7H2,1H3. The predicted octanol–water partition coefficient (Wildman–Crippen LogP) is 1.69. The van der Waals surface area contributed by atoms with Crippen molar-refractivity contribution in [2.24, 2.45) is 0 Å². The van der Waals surface area contributed by atoms with Gasteiger partial charge in [-0.05, 0) is 19.2 Å². The Morgan fingerprint density at radius 1 is 1.33 bits per heavy atom. The zero-order valence-corrected chi connectivity index (χ0v) is 8.52. The number of ketones is 1. The van der Waals surface area contributed by atoms with Gasteiger partial charge in [-0.1, -0.05) is 6.07 Å². The summed E-state index contributed by atoms with van der Waals surface area (Å²) in [6.45, 7) is 0.523. The zero-order valence-electron chi connectivity index (χ0n) is 8.52. The Kier molecular flexibility index (Phi) is 4.37. The van der Waals surface area contributed by atoms with Crippen molar-refractivity contribution in [3.05, 3.63) is 35.4 Å². The van der Waals surface area contributed by atoms with E-state index >= 15 is 0 Å². The van der Waals surface area contributed by atoms with Crippen molar-refractivity contribution in [3.8, 4) is 0 Å². The number of carbonyl (C=O) groups excluding carboxylic acids is 1. The van der Waals surface area contributed by atoms with Crippen LogP contribution in [0.15, 0.2) is 18.2 Å². The van der Waals surface area contributed by atoms with Gasteiger partial charge >= 0.3 is 0 Å². The highest BCUT2D eigenvalue weighted by Crippen LogP contribution is 2.13. The minimum Gasteiger partial charge on any atom is -0.319 e. The van der Waals surface area contributed by atoms with Crippen molar-refractivity contribution in [2.75, 3.05) is 13.6 Å². The summed E-state index contributed by atoms with van der Waals surface area (Å²) in [4.78, 5) is 11.3. The Morgan fingerprint density at radius 3 is 2.47 bits per heavy atom. The molecule has 0 saturated carbocycles. The Morgan fingerprint density at radius 2 is 1.93 bits per heavy atom. The first-order valence-corrected chi connectivity index (χ1v) is 4.74. The van der Waals surface area contributed by atoms with Crippen molar-refractivity contribution in [2.45, 2.75) is 12.8 Å². The molecule has 82 valence electrons. The summed E-state index contributed by atoms with van der Waals surface area (Å²) in [5, 5.41) is 2.81. The second-order valence-electron chi connectivity index (χ2n) is 3.27. The molecule has 1 rings (SSSR count). The molecule has 0 amide bonds. The lowest BCUT2D eigenvalue weighted by atomic mass is 10.1. The Hall–Kier alpha value is -1.29. The van der Waals surface area contributed by atoms with Gasteiger partial charge in [0.25, 0.3) is 0 Å². The largest absolute Gasteiger partial charge is 0.319 e. The predicted molar refractivity (Wildman–Crippen MR) is 53.6 cm³/mol. The molecule has 0 heterocycles. The number of carbonyl (C=O) groups is 1. The third kappa shape index (κ3) is 3.40. The lowest BCUT2D eigenvalue weighted by molar-refractivity contribution is -0.118. The number of halogens is 2. The molecule has 0 fully saturated rings. The van der Waals surface area contributed by atoms with Crippen LogP contribution in [0.2, 0.25) is 0 Å². The van der Waals surface area contributed by atoms with E-state index in [0.717, 1.165) is 12.1 Å². The molecule has 1 N–H and O–H groups in total. The van der Waals surface area contributed by atoms with Crippen LogP contribution in [0, 0.1) is 11.6 Å². The summed E-state index contributed by atoms with van der Waals surface area (Å²) in [5.41, 5.74) is -0.140. The van der Waals surface area contributed by atoms with E-state index in [0.29, 0.717) is 6.54 Å². The van der Waals surface area contributed by atoms with Gasteiger partial charge in [-0.2, -0.15) is 0 Å². The Balaban J connectivity index is 2.68. The molecule has 2 nitrogen and oxygen atoms in total. The summed E-state index contributed by atoms with van der Waals surface area (Å²) in [6.07, 6.45) is 0.102. The van der Waals surface area contributed by atoms with E-state index in [1.165, 1.54) is 6.07 Å². The number of Topliss-reactive ketones (excluding diaryl/α,β-unsaturated/α-hetero) is 1. The van der Waals surface area contributed by atoms with Gasteiger partial charge in [-0.15, -0.1) is 0 Å². The molecular weight excluding hydrogens is 200 g/mol. The van der Waals surface area contributed by atoms with Crippen LogP contribution in [0.25, 0.3) is 0 Å². The smallest absolute Gasteiger partial charge is 0.138 e. The first-order chi connectivity index (χ1) is 7.15. The quantitative estimate of drug-likeness (QED) is 0.806. The lowest BCUT2D eigenvalue weighted by Gasteiger charge is -2.03. The van der Waals surface area contributed by atoms with Crippen LogP contribution in [-0.4, -0.2) is 19.4 Å². The molecular formula is C11H13F2NO. The number of nitrogens with one attached hydrogen (secondary N) is 1. The minimum atomic E-state index is -0.659. The van der Waals surface area contributed by atoms with E-state index in [9.17, 15) is 13.6 Å². The van der Waals surface area contributed by atoms with Crippen LogP contribution in [0.5, 0.6) is 0 Å². The molecule has 0 aliphatic rings. The maximum atomic E-state index is 13.1. The summed E-state index contributed by atoms with van der Waals surface area (Å²) < 4.78 is 26.3. The highest BCUT2D eigenvalue weighted by Gasteiger charge is 2.12. The zero-order chi connectivity index (χ0) is 11.3. The molecule has 1 aromatic rings. The Bertz CT molecular complexity index is 332. The third-order valence-corrected chi connectivity index (χ3v) is 2.09. The first kappa shape index (κ1) is 11.8. The van der Waals surface area contributed by atoms with Crippen molar-refractivity contribution >= 4 is 5.78 Å². The molecule has 1 aromatic carbocycles. The van der Waals surface area contributed by atoms with Gasteiger partial charge in [-0.3, -0.25) is 4.79 Å². The number of hydrogen-bond acceptors (Lipinski definition) is 2. The molecule has 4 heteroatoms. The van der Waals surface area contributed by atoms with E-state index in [2.05, 4.69) is 5.32 Å². The molecule has 0 radical (unpaired) electrons. The van der Waals surface area contributed by atoms with Gasteiger partial charge in [0.05, 0.1) is 0 Å². The fraction of sp³-hybridized carbons (Fsp3) is 0.364. The van der Waals surface area contributed by atoms with Crippen LogP contribution >= 0.6 is 0 Å². The van der Waals surface area contributed by atoms with E-state index in [4.69, 9.17) is 0 Å². The highest BCUT2D eigenvalue weighted by molar-refractivity contribution is 5.81. The van der Waals surface area contributed by atoms with E-state index < -0.39 is 11.6 Å². The van der Waals surface area contributed by atoms with Gasteiger partial charge in [0.15, 0.2) is 0 Å². The van der Waals surface area contributed by atoms with Crippen LogP contribution < -0.4 is 5.32 Å².